The van der Waals surface area contributed by atoms with E-state index in [9.17, 15) is 9.59 Å². The lowest BCUT2D eigenvalue weighted by atomic mass is 9.96. The van der Waals surface area contributed by atoms with Crippen LogP contribution in [0.15, 0.2) is 18.2 Å². The minimum atomic E-state index is -0.769. The predicted octanol–water partition coefficient (Wildman–Crippen LogP) is 1.65. The molecule has 1 saturated carbocycles. The summed E-state index contributed by atoms with van der Waals surface area (Å²) in [5, 5.41) is 11.9. The molecule has 0 aromatic heterocycles. The molecule has 2 N–H and O–H groups in total. The average molecular weight is 291 g/mol. The van der Waals surface area contributed by atoms with E-state index >= 15 is 0 Å². The van der Waals surface area contributed by atoms with Gasteiger partial charge in [-0.3, -0.25) is 9.59 Å². The molecule has 1 heterocycles. The Morgan fingerprint density at radius 2 is 2.05 bits per heavy atom. The number of hydrogen-bond acceptors (Lipinski definition) is 4. The molecule has 1 aromatic carbocycles. The van der Waals surface area contributed by atoms with Crippen LogP contribution in [0.4, 0.5) is 0 Å². The highest BCUT2D eigenvalue weighted by molar-refractivity contribution is 5.95. The van der Waals surface area contributed by atoms with Gasteiger partial charge in [0.15, 0.2) is 11.5 Å². The largest absolute Gasteiger partial charge is 0.481 e. The molecule has 21 heavy (non-hydrogen) atoms. The Kier molecular flexibility index (Phi) is 3.68. The first kappa shape index (κ1) is 13.7. The number of nitrogens with one attached hydrogen (secondary N) is 1. The molecular weight excluding hydrogens is 274 g/mol. The number of carboxylic acids is 1. The SMILES string of the molecule is O=C(NCC1CCCC1C(=O)O)c1ccc2c(c1)OCO2. The lowest BCUT2D eigenvalue weighted by Gasteiger charge is -2.16. The Morgan fingerprint density at radius 3 is 2.86 bits per heavy atom. The molecule has 0 spiro atoms. The zero-order valence-electron chi connectivity index (χ0n) is 11.5. The highest BCUT2D eigenvalue weighted by Crippen LogP contribution is 2.33. The summed E-state index contributed by atoms with van der Waals surface area (Å²) in [6, 6.07) is 5.01. The Hall–Kier alpha value is -2.24. The maximum Gasteiger partial charge on any atom is 0.306 e. The van der Waals surface area contributed by atoms with Crippen molar-refractivity contribution < 1.29 is 24.2 Å². The van der Waals surface area contributed by atoms with E-state index in [0.717, 1.165) is 12.8 Å². The van der Waals surface area contributed by atoms with Gasteiger partial charge in [0.05, 0.1) is 5.92 Å². The molecule has 2 aliphatic rings. The smallest absolute Gasteiger partial charge is 0.306 e. The van der Waals surface area contributed by atoms with Crippen LogP contribution in [0.25, 0.3) is 0 Å². The summed E-state index contributed by atoms with van der Waals surface area (Å²) in [6.45, 7) is 0.563. The number of benzene rings is 1. The van der Waals surface area contributed by atoms with Gasteiger partial charge in [-0.15, -0.1) is 0 Å². The van der Waals surface area contributed by atoms with Gasteiger partial charge in [0.1, 0.15) is 0 Å². The fourth-order valence-electron chi connectivity index (χ4n) is 2.97. The van der Waals surface area contributed by atoms with Gasteiger partial charge in [0, 0.05) is 12.1 Å². The van der Waals surface area contributed by atoms with Gasteiger partial charge >= 0.3 is 5.97 Å². The first-order valence-electron chi connectivity index (χ1n) is 7.06. The third-order valence-electron chi connectivity index (χ3n) is 4.14. The van der Waals surface area contributed by atoms with Crippen molar-refractivity contribution >= 4 is 11.9 Å². The number of aliphatic carboxylic acids is 1. The summed E-state index contributed by atoms with van der Waals surface area (Å²) in [7, 11) is 0. The van der Waals surface area contributed by atoms with E-state index in [-0.39, 0.29) is 24.5 Å². The van der Waals surface area contributed by atoms with Crippen LogP contribution in [0, 0.1) is 11.8 Å². The Balaban J connectivity index is 1.60. The summed E-state index contributed by atoms with van der Waals surface area (Å²) in [5.41, 5.74) is 0.490. The molecular formula is C15H17NO5. The van der Waals surface area contributed by atoms with Gasteiger partial charge in [-0.25, -0.2) is 0 Å². The summed E-state index contributed by atoms with van der Waals surface area (Å²) >= 11 is 0. The van der Waals surface area contributed by atoms with Crippen LogP contribution in [-0.2, 0) is 4.79 Å². The molecule has 6 heteroatoms. The third-order valence-corrected chi connectivity index (χ3v) is 4.14. The van der Waals surface area contributed by atoms with E-state index in [1.54, 1.807) is 18.2 Å². The van der Waals surface area contributed by atoms with Crippen LogP contribution in [0.1, 0.15) is 29.6 Å². The van der Waals surface area contributed by atoms with Crippen molar-refractivity contribution in [2.45, 2.75) is 19.3 Å². The van der Waals surface area contributed by atoms with E-state index in [0.29, 0.717) is 30.0 Å². The maximum atomic E-state index is 12.1. The second-order valence-electron chi connectivity index (χ2n) is 5.41. The minimum Gasteiger partial charge on any atom is -0.481 e. The fraction of sp³-hybridized carbons (Fsp3) is 0.467. The number of carbonyl (C=O) groups excluding carboxylic acids is 1. The second kappa shape index (κ2) is 5.63. The summed E-state index contributed by atoms with van der Waals surface area (Å²) in [4.78, 5) is 23.2. The van der Waals surface area contributed by atoms with Crippen LogP contribution in [0.3, 0.4) is 0 Å². The van der Waals surface area contributed by atoms with E-state index in [1.807, 2.05) is 0 Å². The molecule has 0 bridgehead atoms. The molecule has 2 atom stereocenters. The number of amides is 1. The van der Waals surface area contributed by atoms with Crippen molar-refractivity contribution in [1.29, 1.82) is 0 Å². The first-order chi connectivity index (χ1) is 10.1. The van der Waals surface area contributed by atoms with Gasteiger partial charge in [0.25, 0.3) is 5.91 Å². The Labute approximate surface area is 122 Å². The lowest BCUT2D eigenvalue weighted by Crippen LogP contribution is -2.33. The number of fused-ring (bicyclic) bond motifs is 1. The number of ether oxygens (including phenoxy) is 2. The zero-order chi connectivity index (χ0) is 14.8. The molecule has 6 nitrogen and oxygen atoms in total. The Morgan fingerprint density at radius 1 is 1.24 bits per heavy atom. The van der Waals surface area contributed by atoms with Crippen molar-refractivity contribution in [3.05, 3.63) is 23.8 Å². The number of carboxylic acid groups (broad SMARTS) is 1. The maximum absolute atomic E-state index is 12.1. The number of carbonyl (C=O) groups is 2. The summed E-state index contributed by atoms with van der Waals surface area (Å²) in [6.07, 6.45) is 2.44. The molecule has 1 aromatic rings. The van der Waals surface area contributed by atoms with Gasteiger partial charge in [0.2, 0.25) is 6.79 Å². The van der Waals surface area contributed by atoms with Gasteiger partial charge in [-0.2, -0.15) is 0 Å². The van der Waals surface area contributed by atoms with E-state index in [2.05, 4.69) is 5.32 Å². The minimum absolute atomic E-state index is 0.0143. The topological polar surface area (TPSA) is 84.9 Å². The van der Waals surface area contributed by atoms with Gasteiger partial charge in [-0.1, -0.05) is 6.42 Å². The van der Waals surface area contributed by atoms with Crippen molar-refractivity contribution in [2.24, 2.45) is 11.8 Å². The van der Waals surface area contributed by atoms with Crippen LogP contribution in [0.2, 0.25) is 0 Å². The van der Waals surface area contributed by atoms with E-state index in [1.165, 1.54) is 0 Å². The third kappa shape index (κ3) is 2.79. The van der Waals surface area contributed by atoms with Crippen molar-refractivity contribution in [3.8, 4) is 11.5 Å². The van der Waals surface area contributed by atoms with E-state index < -0.39 is 5.97 Å². The molecule has 0 radical (unpaired) electrons. The first-order valence-corrected chi connectivity index (χ1v) is 7.06. The molecule has 1 amide bonds. The van der Waals surface area contributed by atoms with Crippen molar-refractivity contribution in [1.82, 2.24) is 5.32 Å². The molecule has 1 fully saturated rings. The average Bonchev–Trinajstić information content (AvgIpc) is 3.12. The van der Waals surface area contributed by atoms with Crippen LogP contribution < -0.4 is 14.8 Å². The van der Waals surface area contributed by atoms with Gasteiger partial charge < -0.3 is 19.9 Å². The molecule has 0 saturated heterocycles. The highest BCUT2D eigenvalue weighted by Gasteiger charge is 2.32. The standard InChI is InChI=1S/C15H17NO5/c17-14(9-4-5-12-13(6-9)21-8-20-12)16-7-10-2-1-3-11(10)15(18)19/h4-6,10-11H,1-3,7-8H2,(H,16,17)(H,18,19). The normalized spacial score (nSPS) is 23.0. The van der Waals surface area contributed by atoms with Gasteiger partial charge in [-0.05, 0) is 37.0 Å². The van der Waals surface area contributed by atoms with Crippen LogP contribution in [-0.4, -0.2) is 30.3 Å². The van der Waals surface area contributed by atoms with Crippen molar-refractivity contribution in [2.75, 3.05) is 13.3 Å². The van der Waals surface area contributed by atoms with E-state index in [4.69, 9.17) is 14.6 Å². The number of rotatable bonds is 4. The molecule has 112 valence electrons. The fourth-order valence-corrected chi connectivity index (χ4v) is 2.97. The molecule has 3 rings (SSSR count). The molecule has 1 aliphatic heterocycles. The van der Waals surface area contributed by atoms with Crippen LogP contribution >= 0.6 is 0 Å². The lowest BCUT2D eigenvalue weighted by molar-refractivity contribution is -0.142. The quantitative estimate of drug-likeness (QED) is 0.881. The summed E-state index contributed by atoms with van der Waals surface area (Å²) < 4.78 is 10.4. The second-order valence-corrected chi connectivity index (χ2v) is 5.41. The zero-order valence-corrected chi connectivity index (χ0v) is 11.5. The molecule has 2 unspecified atom stereocenters. The highest BCUT2D eigenvalue weighted by atomic mass is 16.7. The number of hydrogen-bond donors (Lipinski definition) is 2. The predicted molar refractivity (Wildman–Crippen MR) is 73.4 cm³/mol. The monoisotopic (exact) mass is 291 g/mol. The Bertz CT molecular complexity index is 571. The van der Waals surface area contributed by atoms with Crippen molar-refractivity contribution in [3.63, 3.8) is 0 Å². The molecule has 1 aliphatic carbocycles. The summed E-state index contributed by atoms with van der Waals surface area (Å²) in [5.74, 6) is -0.123. The van der Waals surface area contributed by atoms with Crippen LogP contribution in [0.5, 0.6) is 11.5 Å².